The minimum absolute atomic E-state index is 0.0713. The van der Waals surface area contributed by atoms with Crippen molar-refractivity contribution in [3.8, 4) is 0 Å². The highest BCUT2D eigenvalue weighted by Crippen LogP contribution is 2.37. The van der Waals surface area contributed by atoms with Gasteiger partial charge in [0.2, 0.25) is 0 Å². The molecule has 0 aromatic carbocycles. The molecule has 252 valence electrons. The Morgan fingerprint density at radius 1 is 0.604 bits per heavy atom. The van der Waals surface area contributed by atoms with E-state index in [2.05, 4.69) is 9.97 Å². The number of ether oxygens (including phenoxy) is 1. The summed E-state index contributed by atoms with van der Waals surface area (Å²) in [7, 11) is 0. The maximum Gasteiger partial charge on any atom is 0.303 e. The minimum atomic E-state index is -0.923. The number of hydrogen-bond donors (Lipinski definition) is 6. The number of nitrogens with zero attached hydrogens (tertiary/aromatic N) is 2. The molecule has 0 saturated heterocycles. The second-order valence-electron chi connectivity index (χ2n) is 12.1. The number of carboxylic acids is 3. The van der Waals surface area contributed by atoms with Crippen LogP contribution in [-0.2, 0) is 32.0 Å². The third-order valence-corrected chi connectivity index (χ3v) is 9.15. The van der Waals surface area contributed by atoms with E-state index in [4.69, 9.17) is 14.7 Å². The van der Waals surface area contributed by atoms with Crippen molar-refractivity contribution in [3.05, 3.63) is 69.3 Å². The van der Waals surface area contributed by atoms with E-state index in [0.717, 1.165) is 61.1 Å². The fourth-order valence-electron chi connectivity index (χ4n) is 6.43. The zero-order chi connectivity index (χ0) is 34.7. The highest BCUT2D eigenvalue weighted by molar-refractivity contribution is 5.95. The zero-order valence-corrected chi connectivity index (χ0v) is 27.5. The first kappa shape index (κ1) is 34.3. The SMILES string of the molecule is CC1=C(CCC(=O)O)c2cc3[nH]c(cc4nc(cc5[nH]c(cc1n2)c(CCC(=O)O)c5C)C(CCC(=O)O)=C4C)c(CCOCO)c3C. The van der Waals surface area contributed by atoms with Gasteiger partial charge in [0.05, 0.1) is 29.4 Å². The van der Waals surface area contributed by atoms with Crippen molar-refractivity contribution in [1.82, 2.24) is 19.9 Å². The first-order chi connectivity index (χ1) is 22.9. The van der Waals surface area contributed by atoms with Gasteiger partial charge in [0, 0.05) is 41.3 Å². The lowest BCUT2D eigenvalue weighted by molar-refractivity contribution is -0.137. The van der Waals surface area contributed by atoms with Gasteiger partial charge in [0.15, 0.2) is 0 Å². The topological polar surface area (TPSA) is 199 Å². The van der Waals surface area contributed by atoms with Gasteiger partial charge in [-0.2, -0.15) is 0 Å². The first-order valence-corrected chi connectivity index (χ1v) is 15.9. The molecule has 48 heavy (non-hydrogen) atoms. The number of carbonyl (C=O) groups is 3. The second kappa shape index (κ2) is 14.4. The summed E-state index contributed by atoms with van der Waals surface area (Å²) in [6.45, 7) is 7.59. The number of aliphatic hydroxyl groups excluding tert-OH is 1. The molecule has 12 nitrogen and oxygen atoms in total. The normalized spacial score (nSPS) is 13.0. The molecule has 6 N–H and O–H groups in total. The smallest absolute Gasteiger partial charge is 0.303 e. The lowest BCUT2D eigenvalue weighted by atomic mass is 10.00. The molecule has 2 aliphatic heterocycles. The van der Waals surface area contributed by atoms with Gasteiger partial charge in [-0.1, -0.05) is 0 Å². The Morgan fingerprint density at radius 3 is 1.42 bits per heavy atom. The number of aryl methyl sites for hydroxylation is 3. The van der Waals surface area contributed by atoms with Crippen molar-refractivity contribution in [1.29, 1.82) is 0 Å². The summed E-state index contributed by atoms with van der Waals surface area (Å²) >= 11 is 0. The molecule has 5 heterocycles. The van der Waals surface area contributed by atoms with Gasteiger partial charge in [-0.3, -0.25) is 14.4 Å². The number of nitrogens with one attached hydrogen (secondary N) is 2. The molecule has 0 fully saturated rings. The van der Waals surface area contributed by atoms with Gasteiger partial charge in [-0.25, -0.2) is 9.97 Å². The molecule has 0 atom stereocenters. The molecule has 5 rings (SSSR count). The van der Waals surface area contributed by atoms with Crippen LogP contribution in [0, 0.1) is 13.8 Å². The lowest BCUT2D eigenvalue weighted by Gasteiger charge is -2.03. The number of aliphatic carboxylic acids is 3. The number of aromatic nitrogens is 4. The Labute approximate surface area is 276 Å². The summed E-state index contributed by atoms with van der Waals surface area (Å²) < 4.78 is 5.27. The van der Waals surface area contributed by atoms with Crippen molar-refractivity contribution in [2.24, 2.45) is 0 Å². The number of fused-ring (bicyclic) bond motifs is 8. The molecule has 3 aromatic rings. The summed E-state index contributed by atoms with van der Waals surface area (Å²) in [5.74, 6) is -2.76. The van der Waals surface area contributed by atoms with Crippen LogP contribution in [0.4, 0.5) is 0 Å². The summed E-state index contributed by atoms with van der Waals surface area (Å²) in [5.41, 5.74) is 12.3. The van der Waals surface area contributed by atoms with Crippen LogP contribution < -0.4 is 0 Å². The third kappa shape index (κ3) is 7.24. The Kier molecular flexibility index (Phi) is 10.3. The summed E-state index contributed by atoms with van der Waals surface area (Å²) in [6, 6.07) is 7.61. The molecule has 0 amide bonds. The monoisotopic (exact) mass is 656 g/mol. The molecule has 0 aliphatic carbocycles. The molecular weight excluding hydrogens is 616 g/mol. The molecule has 0 radical (unpaired) electrons. The molecular formula is C36H40N4O8. The number of hydrogen-bond acceptors (Lipinski definition) is 7. The van der Waals surface area contributed by atoms with Crippen molar-refractivity contribution < 1.29 is 39.5 Å². The van der Waals surface area contributed by atoms with E-state index < -0.39 is 24.7 Å². The van der Waals surface area contributed by atoms with E-state index in [1.807, 2.05) is 52.0 Å². The van der Waals surface area contributed by atoms with Crippen LogP contribution >= 0.6 is 0 Å². The van der Waals surface area contributed by atoms with Crippen LogP contribution in [0.3, 0.4) is 0 Å². The van der Waals surface area contributed by atoms with Crippen LogP contribution in [0.25, 0.3) is 44.4 Å². The van der Waals surface area contributed by atoms with E-state index in [9.17, 15) is 34.8 Å². The van der Waals surface area contributed by atoms with Gasteiger partial charge < -0.3 is 35.1 Å². The van der Waals surface area contributed by atoms with E-state index in [1.54, 1.807) is 0 Å². The van der Waals surface area contributed by atoms with Crippen LogP contribution in [0.2, 0.25) is 0 Å². The Morgan fingerprint density at radius 2 is 1.00 bits per heavy atom. The van der Waals surface area contributed by atoms with E-state index in [1.165, 1.54) is 0 Å². The zero-order valence-electron chi connectivity index (χ0n) is 27.5. The minimum Gasteiger partial charge on any atom is -0.481 e. The van der Waals surface area contributed by atoms with Gasteiger partial charge in [0.1, 0.15) is 6.79 Å². The first-order valence-electron chi connectivity index (χ1n) is 15.9. The quantitative estimate of drug-likeness (QED) is 0.0930. The molecule has 0 spiro atoms. The van der Waals surface area contributed by atoms with Crippen LogP contribution in [0.15, 0.2) is 24.3 Å². The summed E-state index contributed by atoms with van der Waals surface area (Å²) in [5, 5.41) is 37.8. The van der Waals surface area contributed by atoms with Gasteiger partial charge in [-0.05, 0) is 122 Å². The number of H-pyrrole nitrogens is 2. The fourth-order valence-corrected chi connectivity index (χ4v) is 6.43. The van der Waals surface area contributed by atoms with E-state index in [-0.39, 0.29) is 45.1 Å². The summed E-state index contributed by atoms with van der Waals surface area (Å²) in [6.07, 6.45) is 1.09. The van der Waals surface area contributed by atoms with Gasteiger partial charge in [0.25, 0.3) is 0 Å². The predicted molar refractivity (Wildman–Crippen MR) is 182 cm³/mol. The maximum atomic E-state index is 11.6. The summed E-state index contributed by atoms with van der Waals surface area (Å²) in [4.78, 5) is 51.7. The largest absolute Gasteiger partial charge is 0.481 e. The number of rotatable bonds is 13. The average Bonchev–Trinajstić information content (AvgIpc) is 3.68. The van der Waals surface area contributed by atoms with Gasteiger partial charge in [-0.15, -0.1) is 0 Å². The van der Waals surface area contributed by atoms with Gasteiger partial charge >= 0.3 is 17.9 Å². The molecule has 8 bridgehead atoms. The molecule has 2 aliphatic rings. The standard InChI is InChI=1S/C36H40N4O8/c1-18-22(5-8-34(42)43)30-13-27-19(2)23(6-9-35(44)45)32(38-27)15-29-21(4)25(11-12-48-17-41)33(40-29)16-28-20(3)24(7-10-36(46)47)31(39-28)14-26(18)37-30/h13-16,37,40-41H,5-12,17H2,1-4H3,(H,42,43)(H,44,45)(H,46,47). The maximum absolute atomic E-state index is 11.6. The Bertz CT molecular complexity index is 2030. The number of aliphatic hydroxyl groups is 1. The van der Waals surface area contributed by atoms with Crippen molar-refractivity contribution in [2.75, 3.05) is 13.4 Å². The van der Waals surface area contributed by atoms with Crippen LogP contribution in [-0.4, -0.2) is 71.7 Å². The number of allylic oxidation sites excluding steroid dienone is 4. The molecule has 0 unspecified atom stereocenters. The predicted octanol–water partition coefficient (Wildman–Crippen LogP) is 6.05. The van der Waals surface area contributed by atoms with E-state index in [0.29, 0.717) is 34.7 Å². The fraction of sp³-hybridized carbons (Fsp3) is 0.361. The van der Waals surface area contributed by atoms with Crippen molar-refractivity contribution in [3.63, 3.8) is 0 Å². The lowest BCUT2D eigenvalue weighted by Crippen LogP contribution is -2.00. The van der Waals surface area contributed by atoms with Crippen LogP contribution in [0.5, 0.6) is 0 Å². The van der Waals surface area contributed by atoms with Crippen molar-refractivity contribution >= 4 is 62.3 Å². The molecule has 12 heteroatoms. The Hall–Kier alpha value is -5.07. The van der Waals surface area contributed by atoms with Crippen molar-refractivity contribution in [2.45, 2.75) is 72.6 Å². The molecule has 3 aromatic heterocycles. The second-order valence-corrected chi connectivity index (χ2v) is 12.1. The average molecular weight is 657 g/mol. The van der Waals surface area contributed by atoms with E-state index >= 15 is 0 Å². The van der Waals surface area contributed by atoms with Crippen LogP contribution in [0.1, 0.15) is 91.0 Å². The number of aromatic amines is 2. The Balaban J connectivity index is 1.89. The third-order valence-electron chi connectivity index (χ3n) is 9.15. The number of carboxylic acid groups (broad SMARTS) is 3. The highest BCUT2D eigenvalue weighted by atomic mass is 16.6. The molecule has 0 saturated carbocycles. The highest BCUT2D eigenvalue weighted by Gasteiger charge is 2.22.